The van der Waals surface area contributed by atoms with Gasteiger partial charge in [0.05, 0.1) is 4.90 Å². The second-order valence-electron chi connectivity index (χ2n) is 7.24. The van der Waals surface area contributed by atoms with Gasteiger partial charge in [-0.2, -0.15) is 0 Å². The Bertz CT molecular complexity index is 1120. The lowest BCUT2D eigenvalue weighted by molar-refractivity contribution is -0.134. The van der Waals surface area contributed by atoms with E-state index < -0.39 is 40.0 Å². The maximum Gasteiger partial charge on any atom is 0.325 e. The summed E-state index contributed by atoms with van der Waals surface area (Å²) in [6.45, 7) is 1.39. The van der Waals surface area contributed by atoms with Gasteiger partial charge in [0.1, 0.15) is 12.1 Å². The molecule has 2 aromatic carbocycles. The summed E-state index contributed by atoms with van der Waals surface area (Å²) < 4.78 is 22.5. The fraction of sp³-hybridized carbons (Fsp3) is 0.250. The second kappa shape index (κ2) is 8.66. The van der Waals surface area contributed by atoms with Gasteiger partial charge in [-0.1, -0.05) is 35.9 Å². The van der Waals surface area contributed by atoms with Crippen molar-refractivity contribution in [1.82, 2.24) is 15.5 Å². The number of carbonyl (C=O) groups is 3. The first-order valence-corrected chi connectivity index (χ1v) is 11.2. The van der Waals surface area contributed by atoms with Crippen LogP contribution in [0.4, 0.5) is 4.79 Å². The van der Waals surface area contributed by atoms with Crippen molar-refractivity contribution in [3.63, 3.8) is 0 Å². The first kappa shape index (κ1) is 22.7. The van der Waals surface area contributed by atoms with E-state index in [1.165, 1.54) is 12.1 Å². The molecular formula is C20H21ClN4O5S. The van der Waals surface area contributed by atoms with Crippen LogP contribution in [0.2, 0.25) is 5.02 Å². The minimum atomic E-state index is -3.76. The molecule has 31 heavy (non-hydrogen) atoms. The largest absolute Gasteiger partial charge is 0.354 e. The minimum Gasteiger partial charge on any atom is -0.354 e. The molecule has 1 saturated heterocycles. The fourth-order valence-electron chi connectivity index (χ4n) is 3.21. The van der Waals surface area contributed by atoms with Crippen molar-refractivity contribution < 1.29 is 22.8 Å². The number of nitrogens with one attached hydrogen (secondary N) is 2. The molecule has 0 aromatic heterocycles. The number of amides is 4. The number of rotatable bonds is 7. The zero-order valence-corrected chi connectivity index (χ0v) is 18.2. The van der Waals surface area contributed by atoms with Crippen LogP contribution in [0, 0.1) is 0 Å². The molecule has 0 spiro atoms. The summed E-state index contributed by atoms with van der Waals surface area (Å²) in [6.07, 6.45) is 0.430. The second-order valence-corrected chi connectivity index (χ2v) is 9.24. The molecule has 1 aliphatic rings. The molecule has 1 atom stereocenters. The Morgan fingerprint density at radius 2 is 1.74 bits per heavy atom. The van der Waals surface area contributed by atoms with Gasteiger partial charge in [-0.15, -0.1) is 0 Å². The lowest BCUT2D eigenvalue weighted by Gasteiger charge is -2.22. The number of hydrogen-bond acceptors (Lipinski definition) is 5. The number of primary sulfonamides is 1. The molecule has 0 saturated carbocycles. The summed E-state index contributed by atoms with van der Waals surface area (Å²) in [7, 11) is -3.76. The van der Waals surface area contributed by atoms with Crippen molar-refractivity contribution in [3.8, 4) is 0 Å². The van der Waals surface area contributed by atoms with Crippen molar-refractivity contribution in [3.05, 3.63) is 64.7 Å². The number of imide groups is 1. The Hall–Kier alpha value is -2.95. The summed E-state index contributed by atoms with van der Waals surface area (Å²) >= 11 is 5.88. The normalized spacial score (nSPS) is 18.7. The third-order valence-corrected chi connectivity index (χ3v) is 6.17. The number of sulfonamides is 1. The topological polar surface area (TPSA) is 139 Å². The lowest BCUT2D eigenvalue weighted by Crippen LogP contribution is -2.43. The predicted molar refractivity (Wildman–Crippen MR) is 114 cm³/mol. The summed E-state index contributed by atoms with van der Waals surface area (Å²) in [5, 5.41) is 10.8. The summed E-state index contributed by atoms with van der Waals surface area (Å²) in [5.41, 5.74) is 0.0617. The third-order valence-electron chi connectivity index (χ3n) is 4.99. The van der Waals surface area contributed by atoms with E-state index >= 15 is 0 Å². The molecule has 9 nitrogen and oxygen atoms in total. The van der Waals surface area contributed by atoms with Gasteiger partial charge in [0.2, 0.25) is 15.9 Å². The summed E-state index contributed by atoms with van der Waals surface area (Å²) in [4.78, 5) is 38.3. The molecule has 1 aliphatic heterocycles. The van der Waals surface area contributed by atoms with E-state index in [0.717, 1.165) is 10.5 Å². The molecule has 2 aromatic rings. The van der Waals surface area contributed by atoms with Gasteiger partial charge in [-0.3, -0.25) is 14.5 Å². The Balaban J connectivity index is 1.56. The molecule has 4 N–H and O–H groups in total. The van der Waals surface area contributed by atoms with Gasteiger partial charge < -0.3 is 10.6 Å². The molecule has 164 valence electrons. The molecule has 3 rings (SSSR count). The van der Waals surface area contributed by atoms with Crippen LogP contribution in [-0.4, -0.2) is 44.3 Å². The van der Waals surface area contributed by atoms with Crippen LogP contribution in [0.15, 0.2) is 53.4 Å². The van der Waals surface area contributed by atoms with Gasteiger partial charge >= 0.3 is 6.03 Å². The quantitative estimate of drug-likeness (QED) is 0.527. The van der Waals surface area contributed by atoms with E-state index in [0.29, 0.717) is 17.0 Å². The van der Waals surface area contributed by atoms with Gasteiger partial charge in [-0.25, -0.2) is 18.4 Å². The number of urea groups is 1. The maximum absolute atomic E-state index is 12.8. The molecule has 4 amide bonds. The fourth-order valence-corrected chi connectivity index (χ4v) is 3.85. The highest BCUT2D eigenvalue weighted by molar-refractivity contribution is 7.89. The predicted octanol–water partition coefficient (Wildman–Crippen LogP) is 1.11. The van der Waals surface area contributed by atoms with Gasteiger partial charge in [0.15, 0.2) is 0 Å². The van der Waals surface area contributed by atoms with E-state index in [1.54, 1.807) is 43.3 Å². The van der Waals surface area contributed by atoms with Crippen LogP contribution in [0.1, 0.15) is 18.1 Å². The molecule has 0 radical (unpaired) electrons. The number of nitrogens with two attached hydrogens (primary N) is 1. The SMILES string of the molecule is C[C@]1(c2ccc(Cl)cc2)NC(=O)N(CC(=O)NCCc2ccc(S(N)(=O)=O)cc2)C1=O. The van der Waals surface area contributed by atoms with Crippen LogP contribution in [-0.2, 0) is 31.6 Å². The minimum absolute atomic E-state index is 0.00239. The number of carbonyl (C=O) groups excluding carboxylic acids is 3. The molecule has 0 bridgehead atoms. The first-order chi connectivity index (χ1) is 14.5. The molecular weight excluding hydrogens is 444 g/mol. The van der Waals surface area contributed by atoms with Gasteiger partial charge in [0.25, 0.3) is 5.91 Å². The van der Waals surface area contributed by atoms with E-state index in [1.807, 2.05) is 0 Å². The Labute approximate surface area is 184 Å². The van der Waals surface area contributed by atoms with Gasteiger partial charge in [-0.05, 0) is 48.7 Å². The highest BCUT2D eigenvalue weighted by Gasteiger charge is 2.49. The standard InChI is InChI=1S/C20H21ClN4O5S/c1-20(14-4-6-15(21)7-5-14)18(27)25(19(28)24-20)12-17(26)23-11-10-13-2-8-16(9-3-13)31(22,29)30/h2-9H,10-12H2,1H3,(H,23,26)(H,24,28)(H2,22,29,30)/t20-/m1/s1. The zero-order valence-electron chi connectivity index (χ0n) is 16.6. The number of benzene rings is 2. The van der Waals surface area contributed by atoms with Crippen molar-refractivity contribution in [2.45, 2.75) is 23.8 Å². The first-order valence-electron chi connectivity index (χ1n) is 9.29. The monoisotopic (exact) mass is 464 g/mol. The van der Waals surface area contributed by atoms with Crippen LogP contribution in [0.3, 0.4) is 0 Å². The van der Waals surface area contributed by atoms with E-state index in [9.17, 15) is 22.8 Å². The molecule has 0 unspecified atom stereocenters. The number of nitrogens with zero attached hydrogens (tertiary/aromatic N) is 1. The Morgan fingerprint density at radius 3 is 2.32 bits per heavy atom. The van der Waals surface area contributed by atoms with Crippen molar-refractivity contribution in [2.24, 2.45) is 5.14 Å². The van der Waals surface area contributed by atoms with Crippen molar-refractivity contribution in [2.75, 3.05) is 13.1 Å². The van der Waals surface area contributed by atoms with Crippen molar-refractivity contribution in [1.29, 1.82) is 0 Å². The van der Waals surface area contributed by atoms with Crippen molar-refractivity contribution >= 4 is 39.5 Å². The highest BCUT2D eigenvalue weighted by atomic mass is 35.5. The van der Waals surface area contributed by atoms with Crippen LogP contribution in [0.25, 0.3) is 0 Å². The molecule has 1 heterocycles. The van der Waals surface area contributed by atoms with Crippen LogP contribution < -0.4 is 15.8 Å². The highest BCUT2D eigenvalue weighted by Crippen LogP contribution is 2.29. The Morgan fingerprint density at radius 1 is 1.13 bits per heavy atom. The summed E-state index contributed by atoms with van der Waals surface area (Å²) in [6, 6.07) is 11.8. The Kier molecular flexibility index (Phi) is 6.35. The van der Waals surface area contributed by atoms with E-state index in [4.69, 9.17) is 16.7 Å². The maximum atomic E-state index is 12.8. The molecule has 11 heteroatoms. The molecule has 0 aliphatic carbocycles. The smallest absolute Gasteiger partial charge is 0.325 e. The third kappa shape index (κ3) is 5.04. The van der Waals surface area contributed by atoms with E-state index in [2.05, 4.69) is 10.6 Å². The van der Waals surface area contributed by atoms with Crippen LogP contribution >= 0.6 is 11.6 Å². The molecule has 1 fully saturated rings. The number of halogens is 1. The number of hydrogen-bond donors (Lipinski definition) is 3. The zero-order chi connectivity index (χ0) is 22.8. The van der Waals surface area contributed by atoms with Crippen LogP contribution in [0.5, 0.6) is 0 Å². The average molecular weight is 465 g/mol. The van der Waals surface area contributed by atoms with E-state index in [-0.39, 0.29) is 11.4 Å². The average Bonchev–Trinajstić information content (AvgIpc) is 2.92. The lowest BCUT2D eigenvalue weighted by atomic mass is 9.92. The summed E-state index contributed by atoms with van der Waals surface area (Å²) in [5.74, 6) is -1.03. The van der Waals surface area contributed by atoms with Gasteiger partial charge in [0, 0.05) is 11.6 Å².